The summed E-state index contributed by atoms with van der Waals surface area (Å²) in [5.74, 6) is -1.89. The van der Waals surface area contributed by atoms with Gasteiger partial charge in [-0.15, -0.1) is 0 Å². The summed E-state index contributed by atoms with van der Waals surface area (Å²) in [5, 5.41) is 2.12. The molecule has 1 N–H and O–H groups in total. The lowest BCUT2D eigenvalue weighted by Gasteiger charge is -2.33. The van der Waals surface area contributed by atoms with Gasteiger partial charge in [-0.05, 0) is 47.9 Å². The highest BCUT2D eigenvalue weighted by Gasteiger charge is 2.36. The highest BCUT2D eigenvalue weighted by atomic mass is 35.5. The average Bonchev–Trinajstić information content (AvgIpc) is 2.93. The van der Waals surface area contributed by atoms with Crippen LogP contribution in [0.2, 0.25) is 5.02 Å². The van der Waals surface area contributed by atoms with Crippen LogP contribution in [-0.2, 0) is 38.8 Å². The van der Waals surface area contributed by atoms with Crippen LogP contribution in [0, 0.1) is 5.82 Å². The van der Waals surface area contributed by atoms with E-state index in [1.165, 1.54) is 24.3 Å². The normalized spacial score (nSPS) is 12.5. The number of benzene rings is 3. The molecule has 3 rings (SSSR count). The quantitative estimate of drug-likeness (QED) is 0.271. The van der Waals surface area contributed by atoms with Gasteiger partial charge in [-0.25, -0.2) is 12.8 Å². The van der Waals surface area contributed by atoms with E-state index in [1.807, 2.05) is 6.92 Å². The van der Waals surface area contributed by atoms with E-state index in [4.69, 9.17) is 11.6 Å². The summed E-state index contributed by atoms with van der Waals surface area (Å²) in [6, 6.07) is 15.4. The number of carbonyl (C=O) groups excluding carboxylic acids is 2. The zero-order valence-corrected chi connectivity index (χ0v) is 24.4. The van der Waals surface area contributed by atoms with Gasteiger partial charge in [0.2, 0.25) is 21.8 Å². The topological polar surface area (TPSA) is 86.8 Å². The minimum atomic E-state index is -4.88. The summed E-state index contributed by atoms with van der Waals surface area (Å²) >= 11 is 5.72. The molecule has 0 aliphatic heterocycles. The molecule has 0 unspecified atom stereocenters. The van der Waals surface area contributed by atoms with Gasteiger partial charge >= 0.3 is 6.18 Å². The molecule has 0 aliphatic rings. The molecule has 0 heterocycles. The zero-order valence-electron chi connectivity index (χ0n) is 22.9. The van der Waals surface area contributed by atoms with Crippen molar-refractivity contribution >= 4 is 39.1 Å². The van der Waals surface area contributed by atoms with Gasteiger partial charge in [-0.2, -0.15) is 13.2 Å². The Morgan fingerprint density at radius 1 is 0.976 bits per heavy atom. The number of alkyl halides is 3. The second kappa shape index (κ2) is 14.0. The van der Waals surface area contributed by atoms with Gasteiger partial charge in [-0.3, -0.25) is 13.9 Å². The van der Waals surface area contributed by atoms with Gasteiger partial charge in [0.1, 0.15) is 18.4 Å². The fourth-order valence-electron chi connectivity index (χ4n) is 4.21. The van der Waals surface area contributed by atoms with Crippen molar-refractivity contribution in [3.05, 3.63) is 100 Å². The van der Waals surface area contributed by atoms with Crippen LogP contribution in [0.4, 0.5) is 23.2 Å². The molecule has 0 aliphatic carbocycles. The van der Waals surface area contributed by atoms with E-state index in [9.17, 15) is 35.6 Å². The molecule has 0 aromatic heterocycles. The lowest BCUT2D eigenvalue weighted by molar-refractivity contribution is -0.140. The molecule has 0 radical (unpaired) electrons. The molecule has 1 atom stereocenters. The number of sulfonamides is 1. The number of hydrogen-bond acceptors (Lipinski definition) is 4. The molecular formula is C29H30ClF4N3O4S. The zero-order chi connectivity index (χ0) is 31.1. The third kappa shape index (κ3) is 8.93. The maximum Gasteiger partial charge on any atom is 0.417 e. The predicted molar refractivity (Wildman–Crippen MR) is 153 cm³/mol. The minimum absolute atomic E-state index is 0.0569. The van der Waals surface area contributed by atoms with Crippen molar-refractivity contribution in [2.24, 2.45) is 0 Å². The number of halogens is 5. The van der Waals surface area contributed by atoms with Crippen molar-refractivity contribution < 1.29 is 35.6 Å². The Morgan fingerprint density at radius 3 is 2.19 bits per heavy atom. The number of nitrogens with zero attached hydrogens (tertiary/aromatic N) is 2. The Bertz CT molecular complexity index is 1490. The Kier molecular flexibility index (Phi) is 11.0. The summed E-state index contributed by atoms with van der Waals surface area (Å²) in [5.41, 5.74) is -0.549. The first kappa shape index (κ1) is 32.9. The molecule has 42 heavy (non-hydrogen) atoms. The monoisotopic (exact) mass is 627 g/mol. The first-order valence-electron chi connectivity index (χ1n) is 12.9. The molecular weight excluding hydrogens is 598 g/mol. The Labute approximate surface area is 247 Å². The fraction of sp³-hybridized carbons (Fsp3) is 0.310. The third-order valence-corrected chi connectivity index (χ3v) is 7.78. The Hall–Kier alpha value is -3.64. The maximum absolute atomic E-state index is 13.9. The highest BCUT2D eigenvalue weighted by Crippen LogP contribution is 2.37. The van der Waals surface area contributed by atoms with Crippen molar-refractivity contribution in [2.45, 2.75) is 38.5 Å². The first-order chi connectivity index (χ1) is 19.7. The van der Waals surface area contributed by atoms with Crippen LogP contribution in [0.25, 0.3) is 0 Å². The maximum atomic E-state index is 13.9. The molecule has 0 fully saturated rings. The van der Waals surface area contributed by atoms with Crippen LogP contribution in [-0.4, -0.2) is 50.5 Å². The number of amides is 2. The lowest BCUT2D eigenvalue weighted by atomic mass is 10.0. The number of carbonyl (C=O) groups is 2. The van der Waals surface area contributed by atoms with E-state index in [-0.39, 0.29) is 13.0 Å². The summed E-state index contributed by atoms with van der Waals surface area (Å²) in [6.45, 7) is 1.04. The third-order valence-electron chi connectivity index (χ3n) is 6.31. The summed E-state index contributed by atoms with van der Waals surface area (Å²) in [4.78, 5) is 28.5. The van der Waals surface area contributed by atoms with Crippen molar-refractivity contribution in [3.8, 4) is 0 Å². The molecule has 0 spiro atoms. The van der Waals surface area contributed by atoms with Gasteiger partial charge in [-0.1, -0.05) is 61.0 Å². The van der Waals surface area contributed by atoms with Gasteiger partial charge in [0.15, 0.2) is 0 Å². The predicted octanol–water partition coefficient (Wildman–Crippen LogP) is 5.43. The molecule has 0 bridgehead atoms. The number of rotatable bonds is 12. The molecule has 226 valence electrons. The van der Waals surface area contributed by atoms with Crippen LogP contribution in [0.5, 0.6) is 0 Å². The van der Waals surface area contributed by atoms with Gasteiger partial charge in [0.25, 0.3) is 0 Å². The van der Waals surface area contributed by atoms with E-state index in [0.717, 1.165) is 23.3 Å². The van der Waals surface area contributed by atoms with Crippen LogP contribution >= 0.6 is 11.6 Å². The van der Waals surface area contributed by atoms with Crippen LogP contribution in [0.1, 0.15) is 30.0 Å². The average molecular weight is 628 g/mol. The molecule has 2 amide bonds. The van der Waals surface area contributed by atoms with Gasteiger partial charge in [0, 0.05) is 19.5 Å². The molecule has 7 nitrogen and oxygen atoms in total. The molecule has 0 saturated heterocycles. The second-order valence-electron chi connectivity index (χ2n) is 9.58. The SMILES string of the molecule is CCCNC(=O)[C@H](Cc1ccccc1)N(Cc1ccc(F)cc1)C(=O)CN(c1ccc(Cl)c(C(F)(F)F)c1)S(C)(=O)=O. The standard InChI is InChI=1S/C29H30ClF4N3O4S/c1-3-15-35-28(39)26(16-20-7-5-4-6-8-20)36(18-21-9-11-22(31)12-10-21)27(38)19-37(42(2,40)41)23-13-14-25(30)24(17-23)29(32,33)34/h4-14,17,26H,3,15-16,18-19H2,1-2H3,(H,35,39)/t26-/m0/s1. The molecule has 0 saturated carbocycles. The summed E-state index contributed by atoms with van der Waals surface area (Å²) in [6.07, 6.45) is -3.47. The summed E-state index contributed by atoms with van der Waals surface area (Å²) in [7, 11) is -4.29. The van der Waals surface area contributed by atoms with Crippen LogP contribution < -0.4 is 9.62 Å². The molecule has 3 aromatic carbocycles. The fourth-order valence-corrected chi connectivity index (χ4v) is 5.27. The van der Waals surface area contributed by atoms with Crippen molar-refractivity contribution in [2.75, 3.05) is 23.7 Å². The van der Waals surface area contributed by atoms with Gasteiger partial charge < -0.3 is 10.2 Å². The second-order valence-corrected chi connectivity index (χ2v) is 11.9. The van der Waals surface area contributed by atoms with Crippen LogP contribution in [0.15, 0.2) is 72.8 Å². The Balaban J connectivity index is 2.08. The van der Waals surface area contributed by atoms with Crippen molar-refractivity contribution in [1.82, 2.24) is 10.2 Å². The number of nitrogens with one attached hydrogen (secondary N) is 1. The Morgan fingerprint density at radius 2 is 1.62 bits per heavy atom. The van der Waals surface area contributed by atoms with E-state index in [0.29, 0.717) is 34.5 Å². The lowest BCUT2D eigenvalue weighted by Crippen LogP contribution is -2.53. The highest BCUT2D eigenvalue weighted by molar-refractivity contribution is 7.92. The minimum Gasteiger partial charge on any atom is -0.354 e. The smallest absolute Gasteiger partial charge is 0.354 e. The van der Waals surface area contributed by atoms with E-state index in [2.05, 4.69) is 5.32 Å². The number of anilines is 1. The first-order valence-corrected chi connectivity index (χ1v) is 15.1. The number of hydrogen-bond donors (Lipinski definition) is 1. The van der Waals surface area contributed by atoms with E-state index >= 15 is 0 Å². The summed E-state index contributed by atoms with van der Waals surface area (Å²) < 4.78 is 80.4. The van der Waals surface area contributed by atoms with E-state index in [1.54, 1.807) is 30.3 Å². The van der Waals surface area contributed by atoms with Crippen LogP contribution in [0.3, 0.4) is 0 Å². The van der Waals surface area contributed by atoms with E-state index < -0.39 is 62.7 Å². The van der Waals surface area contributed by atoms with Crippen molar-refractivity contribution in [3.63, 3.8) is 0 Å². The van der Waals surface area contributed by atoms with Crippen molar-refractivity contribution in [1.29, 1.82) is 0 Å². The largest absolute Gasteiger partial charge is 0.417 e. The van der Waals surface area contributed by atoms with Gasteiger partial charge in [0.05, 0.1) is 22.5 Å². The molecule has 13 heteroatoms. The molecule has 3 aromatic rings.